The predicted octanol–water partition coefficient (Wildman–Crippen LogP) is 7.57. The average Bonchev–Trinajstić information content (AvgIpc) is 3.34. The standard InChI is InChI=1S/C27H30FNO3S/c1-18-13-20(7-10-22(18)21-9-11-23(27(30)31)24(28)14-21)16-32-25(26-15-29-17-33-26)12-8-19-5-3-2-4-6-19/h7,9-11,13-15,17,19,25H,2-6,8,12,16H2,1H3,(H,30,31). The molecule has 1 saturated carbocycles. The molecule has 174 valence electrons. The zero-order chi connectivity index (χ0) is 23.2. The number of nitrogens with zero attached hydrogens (tertiary/aromatic N) is 1. The zero-order valence-electron chi connectivity index (χ0n) is 18.9. The van der Waals surface area contributed by atoms with Crippen LogP contribution in [0.4, 0.5) is 4.39 Å². The number of aromatic carboxylic acids is 1. The number of benzene rings is 2. The fourth-order valence-electron chi connectivity index (χ4n) is 4.75. The summed E-state index contributed by atoms with van der Waals surface area (Å²) in [6.45, 7) is 2.48. The maximum absolute atomic E-state index is 14.1. The van der Waals surface area contributed by atoms with Crippen LogP contribution in [-0.4, -0.2) is 16.1 Å². The Kier molecular flexibility index (Phi) is 7.89. The normalized spacial score (nSPS) is 15.5. The number of rotatable bonds is 9. The molecule has 1 unspecified atom stereocenters. The van der Waals surface area contributed by atoms with Gasteiger partial charge in [-0.3, -0.25) is 4.98 Å². The summed E-state index contributed by atoms with van der Waals surface area (Å²) in [5, 5.41) is 9.05. The Morgan fingerprint density at radius 1 is 1.21 bits per heavy atom. The van der Waals surface area contributed by atoms with Crippen molar-refractivity contribution in [1.29, 1.82) is 0 Å². The van der Waals surface area contributed by atoms with Gasteiger partial charge in [-0.15, -0.1) is 11.3 Å². The van der Waals surface area contributed by atoms with Crippen LogP contribution in [0.25, 0.3) is 11.1 Å². The number of hydrogen-bond acceptors (Lipinski definition) is 4. The largest absolute Gasteiger partial charge is 0.478 e. The molecular formula is C27H30FNO3S. The molecule has 1 aliphatic rings. The van der Waals surface area contributed by atoms with Gasteiger partial charge in [0, 0.05) is 6.20 Å². The van der Waals surface area contributed by atoms with Gasteiger partial charge in [0.05, 0.1) is 28.7 Å². The number of hydrogen-bond donors (Lipinski definition) is 1. The van der Waals surface area contributed by atoms with Gasteiger partial charge in [0.15, 0.2) is 0 Å². The first-order valence-corrected chi connectivity index (χ1v) is 12.5. The summed E-state index contributed by atoms with van der Waals surface area (Å²) in [5.41, 5.74) is 5.15. The summed E-state index contributed by atoms with van der Waals surface area (Å²) in [4.78, 5) is 16.5. The van der Waals surface area contributed by atoms with Gasteiger partial charge in [0.2, 0.25) is 0 Å². The minimum absolute atomic E-state index is 0.0528. The molecule has 1 heterocycles. The van der Waals surface area contributed by atoms with E-state index in [0.717, 1.165) is 29.0 Å². The SMILES string of the molecule is Cc1cc(COC(CCC2CCCCC2)c2cncs2)ccc1-c1ccc(C(=O)O)c(F)c1. The smallest absolute Gasteiger partial charge is 0.338 e. The molecule has 4 nitrogen and oxygen atoms in total. The lowest BCUT2D eigenvalue weighted by Crippen LogP contribution is -2.10. The maximum atomic E-state index is 14.1. The number of carboxylic acids is 1. The highest BCUT2D eigenvalue weighted by Gasteiger charge is 2.19. The van der Waals surface area contributed by atoms with Crippen LogP contribution in [-0.2, 0) is 11.3 Å². The average molecular weight is 468 g/mol. The molecule has 0 aliphatic heterocycles. The van der Waals surface area contributed by atoms with Crippen LogP contribution in [0.3, 0.4) is 0 Å². The lowest BCUT2D eigenvalue weighted by atomic mass is 9.85. The van der Waals surface area contributed by atoms with E-state index in [1.807, 2.05) is 30.8 Å². The third-order valence-corrected chi connectivity index (χ3v) is 7.45. The summed E-state index contributed by atoms with van der Waals surface area (Å²) in [6, 6.07) is 10.3. The molecule has 3 aromatic rings. The molecule has 6 heteroatoms. The summed E-state index contributed by atoms with van der Waals surface area (Å²) in [5.74, 6) is -1.17. The molecule has 0 radical (unpaired) electrons. The number of carbonyl (C=O) groups is 1. The van der Waals surface area contributed by atoms with Gasteiger partial charge >= 0.3 is 5.97 Å². The molecule has 1 aliphatic carbocycles. The lowest BCUT2D eigenvalue weighted by molar-refractivity contribution is 0.0306. The quantitative estimate of drug-likeness (QED) is 0.352. The molecule has 4 rings (SSSR count). The van der Waals surface area contributed by atoms with E-state index in [0.29, 0.717) is 12.2 Å². The van der Waals surface area contributed by atoms with Gasteiger partial charge in [0.25, 0.3) is 0 Å². The highest BCUT2D eigenvalue weighted by atomic mass is 32.1. The van der Waals surface area contributed by atoms with E-state index in [2.05, 4.69) is 11.1 Å². The molecule has 0 spiro atoms. The fraction of sp³-hybridized carbons (Fsp3) is 0.407. The Hall–Kier alpha value is -2.57. The van der Waals surface area contributed by atoms with Crippen LogP contribution >= 0.6 is 11.3 Å². The van der Waals surface area contributed by atoms with Crippen LogP contribution < -0.4 is 0 Å². The van der Waals surface area contributed by atoms with Crippen LogP contribution in [0.15, 0.2) is 48.1 Å². The van der Waals surface area contributed by atoms with Crippen molar-refractivity contribution in [3.63, 3.8) is 0 Å². The Bertz CT molecular complexity index is 1080. The number of thiazole rings is 1. The highest BCUT2D eigenvalue weighted by Crippen LogP contribution is 2.34. The van der Waals surface area contributed by atoms with Gasteiger partial charge < -0.3 is 9.84 Å². The van der Waals surface area contributed by atoms with E-state index >= 15 is 0 Å². The molecule has 1 fully saturated rings. The topological polar surface area (TPSA) is 59.4 Å². The summed E-state index contributed by atoms with van der Waals surface area (Å²) in [7, 11) is 0. The second-order valence-corrected chi connectivity index (χ2v) is 9.85. The first-order chi connectivity index (χ1) is 16.0. The number of ether oxygens (including phenoxy) is 1. The van der Waals surface area contributed by atoms with Gasteiger partial charge in [-0.05, 0) is 60.1 Å². The van der Waals surface area contributed by atoms with E-state index in [-0.39, 0.29) is 11.7 Å². The lowest BCUT2D eigenvalue weighted by Gasteiger charge is -2.24. The monoisotopic (exact) mass is 467 g/mol. The fourth-order valence-corrected chi connectivity index (χ4v) is 5.45. The molecule has 2 aromatic carbocycles. The van der Waals surface area contributed by atoms with Gasteiger partial charge in [-0.25, -0.2) is 9.18 Å². The molecule has 33 heavy (non-hydrogen) atoms. The van der Waals surface area contributed by atoms with Crippen LogP contribution in [0.5, 0.6) is 0 Å². The van der Waals surface area contributed by atoms with Gasteiger partial charge in [-0.2, -0.15) is 0 Å². The molecule has 1 atom stereocenters. The second kappa shape index (κ2) is 11.0. The molecule has 0 saturated heterocycles. The third kappa shape index (κ3) is 6.06. The Morgan fingerprint density at radius 3 is 2.70 bits per heavy atom. The first kappa shape index (κ1) is 23.6. The summed E-state index contributed by atoms with van der Waals surface area (Å²) < 4.78 is 20.5. The van der Waals surface area contributed by atoms with E-state index in [1.54, 1.807) is 17.4 Å². The molecule has 1 N–H and O–H groups in total. The van der Waals surface area contributed by atoms with E-state index in [4.69, 9.17) is 9.84 Å². The minimum Gasteiger partial charge on any atom is -0.478 e. The highest BCUT2D eigenvalue weighted by molar-refractivity contribution is 7.09. The van der Waals surface area contributed by atoms with Crippen molar-refractivity contribution >= 4 is 17.3 Å². The van der Waals surface area contributed by atoms with Crippen molar-refractivity contribution in [2.75, 3.05) is 0 Å². The van der Waals surface area contributed by atoms with Crippen LogP contribution in [0.1, 0.15) is 77.4 Å². The van der Waals surface area contributed by atoms with Gasteiger partial charge in [0.1, 0.15) is 5.82 Å². The molecule has 0 bridgehead atoms. The van der Waals surface area contributed by atoms with Crippen molar-refractivity contribution in [2.24, 2.45) is 5.92 Å². The molecule has 1 aromatic heterocycles. The number of aryl methyl sites for hydroxylation is 1. The van der Waals surface area contributed by atoms with Crippen molar-refractivity contribution in [3.8, 4) is 11.1 Å². The van der Waals surface area contributed by atoms with Gasteiger partial charge in [-0.1, -0.05) is 56.4 Å². The molecule has 0 amide bonds. The van der Waals surface area contributed by atoms with Crippen molar-refractivity contribution in [2.45, 2.75) is 64.6 Å². The van der Waals surface area contributed by atoms with E-state index in [1.165, 1.54) is 55.5 Å². The third-order valence-electron chi connectivity index (χ3n) is 6.58. The van der Waals surface area contributed by atoms with Crippen LogP contribution in [0, 0.1) is 18.7 Å². The van der Waals surface area contributed by atoms with Crippen molar-refractivity contribution < 1.29 is 19.0 Å². The van der Waals surface area contributed by atoms with Crippen LogP contribution in [0.2, 0.25) is 0 Å². The minimum atomic E-state index is -1.26. The number of halogens is 1. The Labute approximate surface area is 198 Å². The van der Waals surface area contributed by atoms with Crippen molar-refractivity contribution in [3.05, 3.63) is 75.5 Å². The zero-order valence-corrected chi connectivity index (χ0v) is 19.7. The second-order valence-electron chi connectivity index (χ2n) is 8.93. The van der Waals surface area contributed by atoms with E-state index in [9.17, 15) is 9.18 Å². The van der Waals surface area contributed by atoms with E-state index < -0.39 is 11.8 Å². The predicted molar refractivity (Wildman–Crippen MR) is 129 cm³/mol. The van der Waals surface area contributed by atoms with Crippen molar-refractivity contribution in [1.82, 2.24) is 4.98 Å². The maximum Gasteiger partial charge on any atom is 0.338 e. The number of aromatic nitrogens is 1. The Balaban J connectivity index is 1.42. The first-order valence-electron chi connectivity index (χ1n) is 11.6. The number of carboxylic acid groups (broad SMARTS) is 1. The Morgan fingerprint density at radius 2 is 2.03 bits per heavy atom. The molecular weight excluding hydrogens is 437 g/mol. The summed E-state index contributed by atoms with van der Waals surface area (Å²) >= 11 is 1.65. The summed E-state index contributed by atoms with van der Waals surface area (Å²) in [6.07, 6.45) is 10.9.